The lowest BCUT2D eigenvalue weighted by Gasteiger charge is -2.23. The summed E-state index contributed by atoms with van der Waals surface area (Å²) in [6, 6.07) is 6.76. The van der Waals surface area contributed by atoms with Crippen molar-refractivity contribution in [2.45, 2.75) is 33.7 Å². The van der Waals surface area contributed by atoms with E-state index < -0.39 is 0 Å². The Morgan fingerprint density at radius 3 is 2.64 bits per heavy atom. The van der Waals surface area contributed by atoms with Crippen molar-refractivity contribution >= 4 is 5.91 Å². The van der Waals surface area contributed by atoms with Crippen LogP contribution in [0.5, 0.6) is 0 Å². The van der Waals surface area contributed by atoms with Crippen LogP contribution in [0.25, 0.3) is 0 Å². The molecule has 0 aliphatic carbocycles. The van der Waals surface area contributed by atoms with Crippen LogP contribution in [0.1, 0.15) is 39.8 Å². The minimum absolute atomic E-state index is 0.0794. The third-order valence-corrected chi connectivity index (χ3v) is 5.74. The average molecular weight is 389 g/mol. The minimum atomic E-state index is -0.242. The number of amides is 1. The number of halogens is 1. The van der Waals surface area contributed by atoms with Gasteiger partial charge in [0.25, 0.3) is 5.91 Å². The quantitative estimate of drug-likeness (QED) is 0.755. The van der Waals surface area contributed by atoms with Crippen LogP contribution >= 0.6 is 0 Å². The van der Waals surface area contributed by atoms with Crippen LogP contribution < -0.4 is 10.2 Å². The van der Waals surface area contributed by atoms with Gasteiger partial charge >= 0.3 is 0 Å². The molecule has 6 heteroatoms. The van der Waals surface area contributed by atoms with E-state index in [0.717, 1.165) is 50.5 Å². The molecule has 0 unspecified atom stereocenters. The van der Waals surface area contributed by atoms with Gasteiger partial charge in [-0.1, -0.05) is 25.1 Å². The molecule has 0 spiro atoms. The maximum atomic E-state index is 14.2. The van der Waals surface area contributed by atoms with E-state index in [1.165, 1.54) is 16.5 Å². The zero-order chi connectivity index (χ0) is 20.1. The Hall–Kier alpha value is -2.18. The summed E-state index contributed by atoms with van der Waals surface area (Å²) >= 11 is 0. The summed E-state index contributed by atoms with van der Waals surface area (Å²) in [6.07, 6.45) is 0.847. The molecule has 1 saturated heterocycles. The maximum Gasteiger partial charge on any atom is 0.268 e. The van der Waals surface area contributed by atoms with E-state index in [4.69, 9.17) is 4.74 Å². The van der Waals surface area contributed by atoms with Crippen molar-refractivity contribution in [3.8, 4) is 0 Å². The van der Waals surface area contributed by atoms with Crippen LogP contribution in [0.4, 0.5) is 4.39 Å². The highest BCUT2D eigenvalue weighted by Gasteiger charge is 2.23. The number of morpholine rings is 1. The number of benzene rings is 1. The first kappa shape index (κ1) is 20.6. The van der Waals surface area contributed by atoms with E-state index in [1.807, 2.05) is 24.5 Å². The molecule has 0 atom stereocenters. The number of carbonyl (C=O) groups excluding carboxylic acids is 1. The number of ether oxygens (including phenoxy) is 1. The summed E-state index contributed by atoms with van der Waals surface area (Å²) < 4.78 is 21.6. The fourth-order valence-electron chi connectivity index (χ4n) is 4.10. The summed E-state index contributed by atoms with van der Waals surface area (Å²) in [5.41, 5.74) is 4.43. The third kappa shape index (κ3) is 4.45. The second kappa shape index (κ2) is 9.34. The van der Waals surface area contributed by atoms with Crippen molar-refractivity contribution in [3.63, 3.8) is 0 Å². The largest absolute Gasteiger partial charge is 0.370 e. The van der Waals surface area contributed by atoms with E-state index in [-0.39, 0.29) is 11.7 Å². The van der Waals surface area contributed by atoms with E-state index in [2.05, 4.69) is 12.2 Å². The number of aromatic nitrogens is 1. The Labute approximate surface area is 166 Å². The Balaban J connectivity index is 1.78. The first-order valence-corrected chi connectivity index (χ1v) is 10.1. The normalized spacial score (nSPS) is 15.0. The summed E-state index contributed by atoms with van der Waals surface area (Å²) in [5.74, 6) is -0.321. The molecule has 28 heavy (non-hydrogen) atoms. The van der Waals surface area contributed by atoms with Gasteiger partial charge in [-0.05, 0) is 37.5 Å². The van der Waals surface area contributed by atoms with Gasteiger partial charge in [0.2, 0.25) is 0 Å². The van der Waals surface area contributed by atoms with Gasteiger partial charge in [0.15, 0.2) is 0 Å². The Bertz CT molecular complexity index is 825. The fraction of sp³-hybridized carbons (Fsp3) is 0.500. The first-order valence-electron chi connectivity index (χ1n) is 10.1. The number of nitrogens with zero attached hydrogens (tertiary/aromatic N) is 1. The van der Waals surface area contributed by atoms with Gasteiger partial charge in [0.1, 0.15) is 24.6 Å². The first-order chi connectivity index (χ1) is 13.5. The van der Waals surface area contributed by atoms with Crippen LogP contribution in [-0.2, 0) is 17.7 Å². The molecule has 1 amide bonds. The third-order valence-electron chi connectivity index (χ3n) is 5.74. The monoisotopic (exact) mass is 388 g/mol. The van der Waals surface area contributed by atoms with Crippen molar-refractivity contribution in [1.82, 2.24) is 9.88 Å². The van der Waals surface area contributed by atoms with E-state index in [0.29, 0.717) is 24.3 Å². The number of hydrogen-bond donors (Lipinski definition) is 2. The van der Waals surface area contributed by atoms with E-state index in [1.54, 1.807) is 12.1 Å². The molecule has 2 heterocycles. The molecule has 1 aromatic heterocycles. The molecule has 0 radical (unpaired) electrons. The number of carbonyl (C=O) groups is 1. The number of rotatable bonds is 7. The van der Waals surface area contributed by atoms with Gasteiger partial charge < -0.3 is 19.5 Å². The van der Waals surface area contributed by atoms with Crippen LogP contribution in [0.3, 0.4) is 0 Å². The van der Waals surface area contributed by atoms with Crippen LogP contribution in [0, 0.1) is 19.7 Å². The van der Waals surface area contributed by atoms with Crippen molar-refractivity contribution in [2.75, 3.05) is 39.4 Å². The van der Waals surface area contributed by atoms with Gasteiger partial charge in [-0.15, -0.1) is 0 Å². The molecule has 1 aliphatic rings. The van der Waals surface area contributed by atoms with Crippen LogP contribution in [0.15, 0.2) is 24.3 Å². The number of hydrogen-bond acceptors (Lipinski definition) is 2. The second-order valence-electron chi connectivity index (χ2n) is 7.44. The fourth-order valence-corrected chi connectivity index (χ4v) is 4.10. The lowest BCUT2D eigenvalue weighted by atomic mass is 10.1. The highest BCUT2D eigenvalue weighted by Crippen LogP contribution is 2.24. The predicted molar refractivity (Wildman–Crippen MR) is 108 cm³/mol. The maximum absolute atomic E-state index is 14.2. The van der Waals surface area contributed by atoms with Gasteiger partial charge in [-0.2, -0.15) is 0 Å². The molecule has 3 rings (SSSR count). The van der Waals surface area contributed by atoms with Gasteiger partial charge in [0.05, 0.1) is 32.8 Å². The lowest BCUT2D eigenvalue weighted by molar-refractivity contribution is -0.906. The molecule has 1 aromatic carbocycles. The van der Waals surface area contributed by atoms with Crippen molar-refractivity contribution in [2.24, 2.45) is 0 Å². The van der Waals surface area contributed by atoms with E-state index in [9.17, 15) is 9.18 Å². The van der Waals surface area contributed by atoms with Crippen molar-refractivity contribution in [3.05, 3.63) is 58.2 Å². The average Bonchev–Trinajstić information content (AvgIpc) is 2.93. The second-order valence-corrected chi connectivity index (χ2v) is 7.44. The zero-order valence-corrected chi connectivity index (χ0v) is 17.1. The smallest absolute Gasteiger partial charge is 0.268 e. The van der Waals surface area contributed by atoms with Crippen molar-refractivity contribution < 1.29 is 18.8 Å². The minimum Gasteiger partial charge on any atom is -0.370 e. The molecule has 0 saturated carbocycles. The highest BCUT2D eigenvalue weighted by atomic mass is 19.1. The Morgan fingerprint density at radius 1 is 1.25 bits per heavy atom. The number of nitrogens with one attached hydrogen (secondary N) is 2. The van der Waals surface area contributed by atoms with Crippen LogP contribution in [0.2, 0.25) is 0 Å². The lowest BCUT2D eigenvalue weighted by Crippen LogP contribution is -3.14. The SMILES string of the molecule is CCc1c(C)c(C(=O)NCC[NH+]2CCOCC2)n(Cc2ccccc2F)c1C. The van der Waals surface area contributed by atoms with Gasteiger partial charge in [-0.3, -0.25) is 4.79 Å². The molecule has 0 bridgehead atoms. The standard InChI is InChI=1S/C22H30FN3O2/c1-4-19-16(2)21(22(27)24-9-10-25-11-13-28-14-12-25)26(17(19)3)15-18-7-5-6-8-20(18)23/h5-8H,4,9-15H2,1-3H3,(H,24,27)/p+1. The molecule has 2 aromatic rings. The zero-order valence-electron chi connectivity index (χ0n) is 17.1. The van der Waals surface area contributed by atoms with Crippen LogP contribution in [-0.4, -0.2) is 49.9 Å². The predicted octanol–water partition coefficient (Wildman–Crippen LogP) is 1.50. The molecule has 1 fully saturated rings. The Kier molecular flexibility index (Phi) is 6.86. The number of quaternary nitrogens is 1. The molecule has 152 valence electrons. The molecular weight excluding hydrogens is 357 g/mol. The van der Waals surface area contributed by atoms with Crippen molar-refractivity contribution in [1.29, 1.82) is 0 Å². The summed E-state index contributed by atoms with van der Waals surface area (Å²) in [4.78, 5) is 14.5. The summed E-state index contributed by atoms with van der Waals surface area (Å²) in [5, 5.41) is 3.08. The van der Waals surface area contributed by atoms with E-state index >= 15 is 0 Å². The van der Waals surface area contributed by atoms with Gasteiger partial charge in [0, 0.05) is 11.3 Å². The topological polar surface area (TPSA) is 47.7 Å². The molecule has 2 N–H and O–H groups in total. The summed E-state index contributed by atoms with van der Waals surface area (Å²) in [6.45, 7) is 11.5. The Morgan fingerprint density at radius 2 is 1.96 bits per heavy atom. The molecule has 1 aliphatic heterocycles. The molecule has 5 nitrogen and oxygen atoms in total. The van der Waals surface area contributed by atoms with Gasteiger partial charge in [-0.25, -0.2) is 4.39 Å². The summed E-state index contributed by atoms with van der Waals surface area (Å²) in [7, 11) is 0. The molecular formula is C22H31FN3O2+. The highest BCUT2D eigenvalue weighted by molar-refractivity contribution is 5.95.